The van der Waals surface area contributed by atoms with Crippen LogP contribution in [-0.2, 0) is 14.8 Å². The van der Waals surface area contributed by atoms with Crippen molar-refractivity contribution in [1.29, 1.82) is 0 Å². The maximum atomic E-state index is 11.9. The van der Waals surface area contributed by atoms with E-state index in [1.807, 2.05) is 0 Å². The van der Waals surface area contributed by atoms with E-state index in [-0.39, 0.29) is 11.3 Å². The van der Waals surface area contributed by atoms with Crippen molar-refractivity contribution >= 4 is 21.7 Å². The van der Waals surface area contributed by atoms with Crippen LogP contribution >= 0.6 is 0 Å². The summed E-state index contributed by atoms with van der Waals surface area (Å²) in [5.41, 5.74) is 0.305. The molecule has 0 bridgehead atoms. The van der Waals surface area contributed by atoms with Gasteiger partial charge in [0, 0.05) is 6.54 Å². The Labute approximate surface area is 119 Å². The lowest BCUT2D eigenvalue weighted by molar-refractivity contribution is -0.161. The summed E-state index contributed by atoms with van der Waals surface area (Å²) in [6.07, 6.45) is -4.07. The molecule has 0 unspecified atom stereocenters. The number of ether oxygens (including phenoxy) is 1. The largest absolute Gasteiger partial charge is 0.452 e. The van der Waals surface area contributed by atoms with E-state index in [0.29, 0.717) is 18.7 Å². The Kier molecular flexibility index (Phi) is 4.13. The molecule has 0 aromatic heterocycles. The molecule has 1 fully saturated rings. The lowest BCUT2D eigenvalue weighted by Crippen LogP contribution is -2.25. The number of nitrogens with zero attached hydrogens (tertiary/aromatic N) is 1. The quantitative estimate of drug-likeness (QED) is 0.798. The molecule has 1 aromatic rings. The van der Waals surface area contributed by atoms with Gasteiger partial charge in [-0.2, -0.15) is 13.2 Å². The molecule has 0 N–H and O–H groups in total. The summed E-state index contributed by atoms with van der Waals surface area (Å²) < 4.78 is 64.5. The summed E-state index contributed by atoms with van der Waals surface area (Å²) in [6, 6.07) is 5.21. The topological polar surface area (TPSA) is 63.7 Å². The number of benzene rings is 1. The van der Waals surface area contributed by atoms with Gasteiger partial charge in [-0.25, -0.2) is 13.2 Å². The lowest BCUT2D eigenvalue weighted by atomic mass is 10.2. The SMILES string of the molecule is O=C(OCC(F)(F)F)c1ccc(N2CCCS2(=O)=O)cc1. The second-order valence-corrected chi connectivity index (χ2v) is 6.49. The van der Waals surface area contributed by atoms with Crippen molar-refractivity contribution in [2.45, 2.75) is 12.6 Å². The number of esters is 1. The molecule has 9 heteroatoms. The third-order valence-corrected chi connectivity index (χ3v) is 4.73. The summed E-state index contributed by atoms with van der Waals surface area (Å²) in [6.45, 7) is -1.31. The van der Waals surface area contributed by atoms with Crippen molar-refractivity contribution in [2.75, 3.05) is 23.2 Å². The molecule has 21 heavy (non-hydrogen) atoms. The van der Waals surface area contributed by atoms with E-state index in [4.69, 9.17) is 0 Å². The number of rotatable bonds is 3. The first-order chi connectivity index (χ1) is 9.69. The van der Waals surface area contributed by atoms with E-state index in [0.717, 1.165) is 0 Å². The van der Waals surface area contributed by atoms with Gasteiger partial charge in [-0.05, 0) is 30.7 Å². The molecule has 5 nitrogen and oxygen atoms in total. The Morgan fingerprint density at radius 1 is 1.24 bits per heavy atom. The Morgan fingerprint density at radius 2 is 1.86 bits per heavy atom. The fourth-order valence-electron chi connectivity index (χ4n) is 1.92. The van der Waals surface area contributed by atoms with Gasteiger partial charge in [0.15, 0.2) is 6.61 Å². The Morgan fingerprint density at radius 3 is 2.33 bits per heavy atom. The first kappa shape index (κ1) is 15.6. The van der Waals surface area contributed by atoms with E-state index in [9.17, 15) is 26.4 Å². The molecule has 0 amide bonds. The summed E-state index contributed by atoms with van der Waals surface area (Å²) in [7, 11) is -3.33. The molecule has 116 valence electrons. The zero-order valence-electron chi connectivity index (χ0n) is 10.8. The van der Waals surface area contributed by atoms with E-state index in [1.165, 1.54) is 28.6 Å². The summed E-state index contributed by atoms with van der Waals surface area (Å²) in [5, 5.41) is 0. The summed E-state index contributed by atoms with van der Waals surface area (Å²) >= 11 is 0. The number of alkyl halides is 3. The van der Waals surface area contributed by atoms with Gasteiger partial charge < -0.3 is 4.74 Å². The number of carbonyl (C=O) groups excluding carboxylic acids is 1. The van der Waals surface area contributed by atoms with Gasteiger partial charge in [0.25, 0.3) is 0 Å². The predicted octanol–water partition coefficient (Wildman–Crippen LogP) is 1.95. The maximum absolute atomic E-state index is 11.9. The third-order valence-electron chi connectivity index (χ3n) is 2.86. The number of carbonyl (C=O) groups is 1. The van der Waals surface area contributed by atoms with Crippen LogP contribution in [-0.4, -0.2) is 39.5 Å². The molecule has 1 aromatic carbocycles. The van der Waals surface area contributed by atoms with E-state index < -0.39 is 28.8 Å². The van der Waals surface area contributed by atoms with Crippen molar-refractivity contribution in [1.82, 2.24) is 0 Å². The van der Waals surface area contributed by atoms with Crippen molar-refractivity contribution in [2.24, 2.45) is 0 Å². The second-order valence-electron chi connectivity index (χ2n) is 4.48. The van der Waals surface area contributed by atoms with Gasteiger partial charge in [-0.15, -0.1) is 0 Å². The molecule has 0 saturated carbocycles. The Balaban J connectivity index is 2.07. The highest BCUT2D eigenvalue weighted by molar-refractivity contribution is 7.93. The first-order valence-electron chi connectivity index (χ1n) is 6.03. The van der Waals surface area contributed by atoms with Crippen LogP contribution in [0.2, 0.25) is 0 Å². The highest BCUT2D eigenvalue weighted by Crippen LogP contribution is 2.24. The average molecular weight is 323 g/mol. The van der Waals surface area contributed by atoms with Crippen molar-refractivity contribution in [3.63, 3.8) is 0 Å². The van der Waals surface area contributed by atoms with Crippen molar-refractivity contribution in [3.05, 3.63) is 29.8 Å². The zero-order valence-corrected chi connectivity index (χ0v) is 11.6. The van der Waals surface area contributed by atoms with Gasteiger partial charge in [0.05, 0.1) is 17.0 Å². The van der Waals surface area contributed by atoms with Gasteiger partial charge in [0.2, 0.25) is 10.0 Å². The fourth-order valence-corrected chi connectivity index (χ4v) is 3.49. The van der Waals surface area contributed by atoms with Crippen molar-refractivity contribution in [3.8, 4) is 0 Å². The molecule has 1 saturated heterocycles. The minimum atomic E-state index is -4.58. The highest BCUT2D eigenvalue weighted by Gasteiger charge is 2.30. The van der Waals surface area contributed by atoms with Crippen LogP contribution in [0.4, 0.5) is 18.9 Å². The molecule has 2 rings (SSSR count). The summed E-state index contributed by atoms with van der Waals surface area (Å²) in [5.74, 6) is -1.05. The van der Waals surface area contributed by atoms with Crippen LogP contribution in [0.3, 0.4) is 0 Å². The molecule has 1 aliphatic rings. The number of hydrogen-bond donors (Lipinski definition) is 0. The standard InChI is InChI=1S/C12H12F3NO4S/c13-12(14,15)8-20-11(17)9-2-4-10(5-3-9)16-6-1-7-21(16,18)19/h2-5H,1,6-8H2. The van der Waals surface area contributed by atoms with E-state index in [1.54, 1.807) is 0 Å². The minimum absolute atomic E-state index is 0.0579. The smallest absolute Gasteiger partial charge is 0.422 e. The van der Waals surface area contributed by atoms with Crippen LogP contribution < -0.4 is 4.31 Å². The van der Waals surface area contributed by atoms with Crippen LogP contribution in [0.15, 0.2) is 24.3 Å². The molecular weight excluding hydrogens is 311 g/mol. The third kappa shape index (κ3) is 3.87. The van der Waals surface area contributed by atoms with Crippen LogP contribution in [0.5, 0.6) is 0 Å². The minimum Gasteiger partial charge on any atom is -0.452 e. The molecular formula is C12H12F3NO4S. The van der Waals surface area contributed by atoms with Gasteiger partial charge >= 0.3 is 12.1 Å². The van der Waals surface area contributed by atoms with Gasteiger partial charge in [-0.1, -0.05) is 0 Å². The maximum Gasteiger partial charge on any atom is 0.422 e. The zero-order chi connectivity index (χ0) is 15.7. The molecule has 0 aliphatic carbocycles. The molecule has 0 atom stereocenters. The number of anilines is 1. The summed E-state index contributed by atoms with van der Waals surface area (Å²) in [4.78, 5) is 11.4. The molecule has 1 aliphatic heterocycles. The fraction of sp³-hybridized carbons (Fsp3) is 0.417. The van der Waals surface area contributed by atoms with E-state index >= 15 is 0 Å². The normalized spacial score (nSPS) is 17.8. The molecule has 0 radical (unpaired) electrons. The van der Waals surface area contributed by atoms with Gasteiger partial charge in [-0.3, -0.25) is 4.31 Å². The van der Waals surface area contributed by atoms with E-state index in [2.05, 4.69) is 4.74 Å². The highest BCUT2D eigenvalue weighted by atomic mass is 32.2. The first-order valence-corrected chi connectivity index (χ1v) is 7.64. The van der Waals surface area contributed by atoms with Crippen LogP contribution in [0.25, 0.3) is 0 Å². The molecule has 1 heterocycles. The second kappa shape index (κ2) is 5.55. The Hall–Kier alpha value is -1.77. The monoisotopic (exact) mass is 323 g/mol. The van der Waals surface area contributed by atoms with Gasteiger partial charge in [0.1, 0.15) is 0 Å². The molecule has 0 spiro atoms. The average Bonchev–Trinajstić information content (AvgIpc) is 2.75. The Bertz CT molecular complexity index is 625. The lowest BCUT2D eigenvalue weighted by Gasteiger charge is -2.17. The van der Waals surface area contributed by atoms with Crippen LogP contribution in [0.1, 0.15) is 16.8 Å². The number of halogens is 3. The predicted molar refractivity (Wildman–Crippen MR) is 68.5 cm³/mol. The number of sulfonamides is 1. The number of hydrogen-bond acceptors (Lipinski definition) is 4. The van der Waals surface area contributed by atoms with Crippen LogP contribution in [0, 0.1) is 0 Å². The van der Waals surface area contributed by atoms with Crippen molar-refractivity contribution < 1.29 is 31.1 Å².